The fourth-order valence-corrected chi connectivity index (χ4v) is 2.96. The molecular weight excluding hydrogens is 250 g/mol. The van der Waals surface area contributed by atoms with Crippen LogP contribution in [0, 0.1) is 0 Å². The summed E-state index contributed by atoms with van der Waals surface area (Å²) in [5, 5.41) is 0. The first-order valence-corrected chi connectivity index (χ1v) is 7.48. The van der Waals surface area contributed by atoms with Crippen LogP contribution < -0.4 is 0 Å². The molecule has 1 fully saturated rings. The molecule has 3 rings (SSSR count). The number of aromatic nitrogens is 2. The molecule has 0 saturated carbocycles. The van der Waals surface area contributed by atoms with Crippen molar-refractivity contribution >= 4 is 16.9 Å². The minimum Gasteiger partial charge on any atom is -0.341 e. The van der Waals surface area contributed by atoms with E-state index < -0.39 is 0 Å². The first kappa shape index (κ1) is 13.2. The molecule has 0 aliphatic carbocycles. The van der Waals surface area contributed by atoms with Gasteiger partial charge in [-0.25, -0.2) is 4.98 Å². The number of nitrogens with zero attached hydrogens (tertiary/aromatic N) is 3. The largest absolute Gasteiger partial charge is 0.341 e. The lowest BCUT2D eigenvalue weighted by Crippen LogP contribution is -2.36. The van der Waals surface area contributed by atoms with Gasteiger partial charge < -0.3 is 9.47 Å². The Morgan fingerprint density at radius 3 is 2.60 bits per heavy atom. The summed E-state index contributed by atoms with van der Waals surface area (Å²) in [4.78, 5) is 19.1. The van der Waals surface area contributed by atoms with Gasteiger partial charge in [-0.3, -0.25) is 4.79 Å². The van der Waals surface area contributed by atoms with E-state index in [1.807, 2.05) is 40.7 Å². The molecule has 0 radical (unpaired) electrons. The van der Waals surface area contributed by atoms with E-state index in [1.54, 1.807) is 6.33 Å². The van der Waals surface area contributed by atoms with E-state index in [9.17, 15) is 4.79 Å². The van der Waals surface area contributed by atoms with Crippen molar-refractivity contribution < 1.29 is 4.79 Å². The minimum atomic E-state index is -0.180. The number of carbonyl (C=O) groups excluding carboxylic acids is 1. The predicted molar refractivity (Wildman–Crippen MR) is 79.5 cm³/mol. The molecule has 1 aliphatic heterocycles. The van der Waals surface area contributed by atoms with Crippen molar-refractivity contribution in [1.82, 2.24) is 14.5 Å². The molecule has 0 spiro atoms. The molecule has 1 unspecified atom stereocenters. The lowest BCUT2D eigenvalue weighted by Gasteiger charge is -2.25. The van der Waals surface area contributed by atoms with E-state index >= 15 is 0 Å². The molecule has 20 heavy (non-hydrogen) atoms. The summed E-state index contributed by atoms with van der Waals surface area (Å²) in [6, 6.07) is 7.79. The first-order valence-electron chi connectivity index (χ1n) is 7.48. The fourth-order valence-electron chi connectivity index (χ4n) is 2.96. The Labute approximate surface area is 119 Å². The number of imidazole rings is 1. The average Bonchev–Trinajstić information content (AvgIpc) is 2.72. The van der Waals surface area contributed by atoms with Crippen molar-refractivity contribution in [2.75, 3.05) is 13.1 Å². The molecule has 2 heterocycles. The summed E-state index contributed by atoms with van der Waals surface area (Å²) in [6.07, 6.45) is 6.52. The number of fused-ring (bicyclic) bond motifs is 1. The monoisotopic (exact) mass is 271 g/mol. The van der Waals surface area contributed by atoms with Gasteiger partial charge in [0.05, 0.1) is 17.4 Å². The van der Waals surface area contributed by atoms with Crippen LogP contribution in [-0.2, 0) is 4.79 Å². The highest BCUT2D eigenvalue weighted by Crippen LogP contribution is 2.20. The summed E-state index contributed by atoms with van der Waals surface area (Å²) in [5.41, 5.74) is 1.98. The van der Waals surface area contributed by atoms with Crippen LogP contribution in [0.3, 0.4) is 0 Å². The third-order valence-electron chi connectivity index (χ3n) is 4.17. The van der Waals surface area contributed by atoms with Crippen molar-refractivity contribution in [2.45, 2.75) is 38.6 Å². The highest BCUT2D eigenvalue weighted by Gasteiger charge is 2.23. The van der Waals surface area contributed by atoms with E-state index in [2.05, 4.69) is 4.98 Å². The molecular formula is C16H21N3O. The maximum absolute atomic E-state index is 12.7. The summed E-state index contributed by atoms with van der Waals surface area (Å²) >= 11 is 0. The van der Waals surface area contributed by atoms with Crippen LogP contribution >= 0.6 is 0 Å². The molecule has 4 heteroatoms. The second-order valence-electron chi connectivity index (χ2n) is 5.56. The Morgan fingerprint density at radius 2 is 1.85 bits per heavy atom. The molecule has 1 aromatic carbocycles. The van der Waals surface area contributed by atoms with Crippen LogP contribution in [0.4, 0.5) is 0 Å². The fraction of sp³-hybridized carbons (Fsp3) is 0.500. The van der Waals surface area contributed by atoms with Gasteiger partial charge in [-0.2, -0.15) is 0 Å². The Kier molecular flexibility index (Phi) is 3.72. The number of rotatable bonds is 2. The smallest absolute Gasteiger partial charge is 0.245 e. The number of benzene rings is 1. The minimum absolute atomic E-state index is 0.180. The predicted octanol–water partition coefficient (Wildman–Crippen LogP) is 3.00. The van der Waals surface area contributed by atoms with Gasteiger partial charge in [-0.05, 0) is 31.9 Å². The maximum Gasteiger partial charge on any atom is 0.245 e. The van der Waals surface area contributed by atoms with Crippen LogP contribution in [-0.4, -0.2) is 33.4 Å². The molecule has 1 aliphatic rings. The van der Waals surface area contributed by atoms with Gasteiger partial charge in [0.15, 0.2) is 0 Å². The van der Waals surface area contributed by atoms with Gasteiger partial charge in [-0.1, -0.05) is 25.0 Å². The van der Waals surface area contributed by atoms with Crippen molar-refractivity contribution in [3.8, 4) is 0 Å². The quantitative estimate of drug-likeness (QED) is 0.842. The molecule has 2 aromatic rings. The van der Waals surface area contributed by atoms with Gasteiger partial charge in [0.25, 0.3) is 0 Å². The number of hydrogen-bond acceptors (Lipinski definition) is 2. The molecule has 106 valence electrons. The van der Waals surface area contributed by atoms with E-state index in [-0.39, 0.29) is 11.9 Å². The van der Waals surface area contributed by atoms with E-state index in [1.165, 1.54) is 12.8 Å². The molecule has 0 bridgehead atoms. The standard InChI is InChI=1S/C16H21N3O/c1-13(16(20)18-10-6-2-3-7-11-18)19-12-17-14-8-4-5-9-15(14)19/h4-5,8-9,12-13H,2-3,6-7,10-11H2,1H3. The SMILES string of the molecule is CC(C(=O)N1CCCCCC1)n1cnc2ccccc21. The third-order valence-corrected chi connectivity index (χ3v) is 4.17. The summed E-state index contributed by atoms with van der Waals surface area (Å²) in [5.74, 6) is 0.218. The average molecular weight is 271 g/mol. The third kappa shape index (κ3) is 2.42. The van der Waals surface area contributed by atoms with E-state index in [4.69, 9.17) is 0 Å². The Balaban J connectivity index is 1.84. The van der Waals surface area contributed by atoms with Crippen molar-refractivity contribution in [3.05, 3.63) is 30.6 Å². The molecule has 1 atom stereocenters. The zero-order chi connectivity index (χ0) is 13.9. The van der Waals surface area contributed by atoms with Crippen LogP contribution in [0.1, 0.15) is 38.6 Å². The van der Waals surface area contributed by atoms with Crippen molar-refractivity contribution in [2.24, 2.45) is 0 Å². The second kappa shape index (κ2) is 5.65. The molecule has 4 nitrogen and oxygen atoms in total. The van der Waals surface area contributed by atoms with Crippen LogP contribution in [0.25, 0.3) is 11.0 Å². The number of para-hydroxylation sites is 2. The number of likely N-dealkylation sites (tertiary alicyclic amines) is 1. The lowest BCUT2D eigenvalue weighted by molar-refractivity contribution is -0.134. The van der Waals surface area contributed by atoms with E-state index in [0.717, 1.165) is 37.0 Å². The number of carbonyl (C=O) groups is 1. The topological polar surface area (TPSA) is 38.1 Å². The van der Waals surface area contributed by atoms with Crippen molar-refractivity contribution in [3.63, 3.8) is 0 Å². The first-order chi connectivity index (χ1) is 9.77. The van der Waals surface area contributed by atoms with Crippen LogP contribution in [0.2, 0.25) is 0 Å². The second-order valence-corrected chi connectivity index (χ2v) is 5.56. The van der Waals surface area contributed by atoms with Gasteiger partial charge in [0, 0.05) is 13.1 Å². The molecule has 1 aromatic heterocycles. The zero-order valence-electron chi connectivity index (χ0n) is 12.0. The summed E-state index contributed by atoms with van der Waals surface area (Å²) in [7, 11) is 0. The summed E-state index contributed by atoms with van der Waals surface area (Å²) < 4.78 is 1.99. The zero-order valence-corrected chi connectivity index (χ0v) is 12.0. The highest BCUT2D eigenvalue weighted by molar-refractivity contribution is 5.83. The normalized spacial score (nSPS) is 17.9. The Hall–Kier alpha value is -1.84. The molecule has 1 amide bonds. The van der Waals surface area contributed by atoms with Gasteiger partial charge in [-0.15, -0.1) is 0 Å². The van der Waals surface area contributed by atoms with Gasteiger partial charge >= 0.3 is 0 Å². The lowest BCUT2D eigenvalue weighted by atomic mass is 10.2. The highest BCUT2D eigenvalue weighted by atomic mass is 16.2. The van der Waals surface area contributed by atoms with Crippen LogP contribution in [0.15, 0.2) is 30.6 Å². The van der Waals surface area contributed by atoms with E-state index in [0.29, 0.717) is 0 Å². The van der Waals surface area contributed by atoms with Crippen molar-refractivity contribution in [1.29, 1.82) is 0 Å². The Bertz CT molecular complexity index is 597. The maximum atomic E-state index is 12.7. The van der Waals surface area contributed by atoms with Gasteiger partial charge in [0.1, 0.15) is 6.04 Å². The number of amides is 1. The molecule has 1 saturated heterocycles. The van der Waals surface area contributed by atoms with Gasteiger partial charge in [0.2, 0.25) is 5.91 Å². The number of hydrogen-bond donors (Lipinski definition) is 0. The molecule has 0 N–H and O–H groups in total. The van der Waals surface area contributed by atoms with Crippen LogP contribution in [0.5, 0.6) is 0 Å². The summed E-state index contributed by atoms with van der Waals surface area (Å²) in [6.45, 7) is 3.77. The Morgan fingerprint density at radius 1 is 1.15 bits per heavy atom.